The van der Waals surface area contributed by atoms with E-state index in [-0.39, 0.29) is 12.5 Å². The fourth-order valence-corrected chi connectivity index (χ4v) is 3.55. The van der Waals surface area contributed by atoms with Gasteiger partial charge in [-0.25, -0.2) is 0 Å². The number of likely N-dealkylation sites (tertiary alicyclic amines) is 1. The number of phenolic OH excluding ortho intramolecular Hbond substituents is 1. The standard InChI is InChI=1S/C16H22BrNO3/c1-2-14(13-9-12(17)4-5-15(13)19)18-8-7-11(10-18)3-6-16(20)21/h4-5,9,11,14,19H,2-3,6-8,10H2,1H3,(H,20,21). The zero-order valence-corrected chi connectivity index (χ0v) is 13.8. The van der Waals surface area contributed by atoms with E-state index in [9.17, 15) is 9.90 Å². The van der Waals surface area contributed by atoms with Crippen LogP contribution < -0.4 is 0 Å². The maximum atomic E-state index is 10.7. The summed E-state index contributed by atoms with van der Waals surface area (Å²) in [4.78, 5) is 13.0. The van der Waals surface area contributed by atoms with E-state index in [2.05, 4.69) is 27.8 Å². The summed E-state index contributed by atoms with van der Waals surface area (Å²) in [7, 11) is 0. The summed E-state index contributed by atoms with van der Waals surface area (Å²) in [5.74, 6) is 0.0635. The molecule has 1 aromatic rings. The molecule has 0 spiro atoms. The second-order valence-electron chi connectivity index (χ2n) is 5.71. The van der Waals surface area contributed by atoms with Gasteiger partial charge in [0.25, 0.3) is 0 Å². The van der Waals surface area contributed by atoms with E-state index in [0.29, 0.717) is 11.7 Å². The number of carboxylic acid groups (broad SMARTS) is 1. The third-order valence-corrected chi connectivity index (χ3v) is 4.75. The van der Waals surface area contributed by atoms with Crippen LogP contribution in [0, 0.1) is 5.92 Å². The molecule has 0 aromatic heterocycles. The quantitative estimate of drug-likeness (QED) is 0.814. The SMILES string of the molecule is CCC(c1cc(Br)ccc1O)N1CCC(CCC(=O)O)C1. The van der Waals surface area contributed by atoms with Crippen molar-refractivity contribution >= 4 is 21.9 Å². The molecule has 1 aliphatic rings. The fraction of sp³-hybridized carbons (Fsp3) is 0.562. The highest BCUT2D eigenvalue weighted by Crippen LogP contribution is 2.36. The Morgan fingerprint density at radius 2 is 2.29 bits per heavy atom. The Labute approximate surface area is 133 Å². The van der Waals surface area contributed by atoms with Gasteiger partial charge < -0.3 is 10.2 Å². The third kappa shape index (κ3) is 4.20. The van der Waals surface area contributed by atoms with Crippen molar-refractivity contribution in [2.75, 3.05) is 13.1 Å². The number of phenols is 1. The monoisotopic (exact) mass is 355 g/mol. The smallest absolute Gasteiger partial charge is 0.303 e. The second-order valence-corrected chi connectivity index (χ2v) is 6.62. The van der Waals surface area contributed by atoms with Crippen LogP contribution in [-0.4, -0.2) is 34.2 Å². The minimum Gasteiger partial charge on any atom is -0.508 e. The van der Waals surface area contributed by atoms with E-state index >= 15 is 0 Å². The van der Waals surface area contributed by atoms with Gasteiger partial charge in [-0.2, -0.15) is 0 Å². The zero-order chi connectivity index (χ0) is 15.4. The van der Waals surface area contributed by atoms with E-state index < -0.39 is 5.97 Å². The van der Waals surface area contributed by atoms with Crippen molar-refractivity contribution in [3.05, 3.63) is 28.2 Å². The van der Waals surface area contributed by atoms with Gasteiger partial charge in [-0.1, -0.05) is 22.9 Å². The van der Waals surface area contributed by atoms with E-state index in [1.165, 1.54) is 0 Å². The maximum Gasteiger partial charge on any atom is 0.303 e. The number of nitrogens with zero attached hydrogens (tertiary/aromatic N) is 1. The Bertz CT molecular complexity index is 506. The van der Waals surface area contributed by atoms with Crippen LogP contribution in [0.4, 0.5) is 0 Å². The van der Waals surface area contributed by atoms with Gasteiger partial charge in [0.15, 0.2) is 0 Å². The average Bonchev–Trinajstić information content (AvgIpc) is 2.90. The van der Waals surface area contributed by atoms with Crippen molar-refractivity contribution in [1.29, 1.82) is 0 Å². The molecule has 2 atom stereocenters. The number of carbonyl (C=O) groups is 1. The molecule has 1 heterocycles. The lowest BCUT2D eigenvalue weighted by Crippen LogP contribution is -2.26. The van der Waals surface area contributed by atoms with E-state index in [1.807, 2.05) is 12.1 Å². The Hall–Kier alpha value is -1.07. The Morgan fingerprint density at radius 3 is 2.95 bits per heavy atom. The summed E-state index contributed by atoms with van der Waals surface area (Å²) >= 11 is 3.46. The first kappa shape index (κ1) is 16.3. The summed E-state index contributed by atoms with van der Waals surface area (Å²) in [6, 6.07) is 5.73. The van der Waals surface area contributed by atoms with Gasteiger partial charge in [-0.05, 0) is 49.9 Å². The minimum absolute atomic E-state index is 0.192. The highest BCUT2D eigenvalue weighted by molar-refractivity contribution is 9.10. The zero-order valence-electron chi connectivity index (χ0n) is 12.3. The van der Waals surface area contributed by atoms with E-state index in [0.717, 1.165) is 42.4 Å². The maximum absolute atomic E-state index is 10.7. The summed E-state index contributed by atoms with van der Waals surface area (Å²) < 4.78 is 0.968. The molecule has 1 aromatic carbocycles. The number of carboxylic acids is 1. The van der Waals surface area contributed by atoms with Crippen molar-refractivity contribution in [3.8, 4) is 5.75 Å². The number of aromatic hydroxyl groups is 1. The first-order valence-corrected chi connectivity index (χ1v) is 8.24. The largest absolute Gasteiger partial charge is 0.508 e. The van der Waals surface area contributed by atoms with Crippen molar-refractivity contribution in [1.82, 2.24) is 4.90 Å². The molecule has 21 heavy (non-hydrogen) atoms. The van der Waals surface area contributed by atoms with Crippen LogP contribution in [0.3, 0.4) is 0 Å². The fourth-order valence-electron chi connectivity index (χ4n) is 3.18. The molecule has 116 valence electrons. The molecule has 0 saturated carbocycles. The molecular weight excluding hydrogens is 334 g/mol. The van der Waals surface area contributed by atoms with Gasteiger partial charge in [0.2, 0.25) is 0 Å². The van der Waals surface area contributed by atoms with Gasteiger partial charge in [0, 0.05) is 29.0 Å². The van der Waals surface area contributed by atoms with Gasteiger partial charge in [-0.15, -0.1) is 0 Å². The first-order valence-electron chi connectivity index (χ1n) is 7.45. The predicted octanol–water partition coefficient (Wildman–Crippen LogP) is 3.79. The number of aliphatic carboxylic acids is 1. The molecule has 0 bridgehead atoms. The molecule has 2 rings (SSSR count). The molecule has 0 aliphatic carbocycles. The lowest BCUT2D eigenvalue weighted by atomic mass is 10.0. The molecule has 4 nitrogen and oxygen atoms in total. The van der Waals surface area contributed by atoms with Gasteiger partial charge in [0.1, 0.15) is 5.75 Å². The summed E-state index contributed by atoms with van der Waals surface area (Å²) in [6.45, 7) is 4.00. The van der Waals surface area contributed by atoms with Gasteiger partial charge in [-0.3, -0.25) is 9.69 Å². The number of rotatable bonds is 6. The molecular formula is C16H22BrNO3. The van der Waals surface area contributed by atoms with Crippen LogP contribution in [-0.2, 0) is 4.79 Å². The van der Waals surface area contributed by atoms with E-state index in [1.54, 1.807) is 6.07 Å². The summed E-state index contributed by atoms with van der Waals surface area (Å²) in [6.07, 6.45) is 2.96. The van der Waals surface area contributed by atoms with Crippen LogP contribution in [0.15, 0.2) is 22.7 Å². The Kier molecular flexibility index (Phi) is 5.65. The molecule has 2 unspecified atom stereocenters. The normalized spacial score (nSPS) is 20.6. The predicted molar refractivity (Wildman–Crippen MR) is 85.4 cm³/mol. The van der Waals surface area contributed by atoms with Crippen molar-refractivity contribution in [2.24, 2.45) is 5.92 Å². The topological polar surface area (TPSA) is 60.8 Å². The number of benzene rings is 1. The molecule has 5 heteroatoms. The van der Waals surface area contributed by atoms with Crippen LogP contribution >= 0.6 is 15.9 Å². The van der Waals surface area contributed by atoms with Gasteiger partial charge in [0.05, 0.1) is 0 Å². The number of hydrogen-bond donors (Lipinski definition) is 2. The minimum atomic E-state index is -0.717. The average molecular weight is 356 g/mol. The van der Waals surface area contributed by atoms with Crippen molar-refractivity contribution < 1.29 is 15.0 Å². The molecule has 1 saturated heterocycles. The molecule has 2 N–H and O–H groups in total. The molecule has 1 fully saturated rings. The van der Waals surface area contributed by atoms with Crippen LogP contribution in [0.5, 0.6) is 5.75 Å². The van der Waals surface area contributed by atoms with Crippen molar-refractivity contribution in [3.63, 3.8) is 0 Å². The highest BCUT2D eigenvalue weighted by Gasteiger charge is 2.29. The van der Waals surface area contributed by atoms with Crippen LogP contribution in [0.2, 0.25) is 0 Å². The van der Waals surface area contributed by atoms with Crippen molar-refractivity contribution in [2.45, 2.75) is 38.6 Å². The highest BCUT2D eigenvalue weighted by atomic mass is 79.9. The number of halogens is 1. The second kappa shape index (κ2) is 7.27. The Balaban J connectivity index is 2.05. The summed E-state index contributed by atoms with van der Waals surface area (Å²) in [5, 5.41) is 18.9. The Morgan fingerprint density at radius 1 is 1.52 bits per heavy atom. The summed E-state index contributed by atoms with van der Waals surface area (Å²) in [5.41, 5.74) is 0.950. The molecule has 0 amide bonds. The van der Waals surface area contributed by atoms with Crippen LogP contribution in [0.25, 0.3) is 0 Å². The van der Waals surface area contributed by atoms with Gasteiger partial charge >= 0.3 is 5.97 Å². The van der Waals surface area contributed by atoms with E-state index in [4.69, 9.17) is 5.11 Å². The number of hydrogen-bond acceptors (Lipinski definition) is 3. The first-order chi connectivity index (χ1) is 10.0. The lowest BCUT2D eigenvalue weighted by Gasteiger charge is -2.28. The third-order valence-electron chi connectivity index (χ3n) is 4.26. The van der Waals surface area contributed by atoms with Crippen LogP contribution in [0.1, 0.15) is 44.2 Å². The molecule has 0 radical (unpaired) electrons. The lowest BCUT2D eigenvalue weighted by molar-refractivity contribution is -0.137. The molecule has 1 aliphatic heterocycles.